The van der Waals surface area contributed by atoms with Crippen LogP contribution in [0.4, 0.5) is 4.39 Å². The van der Waals surface area contributed by atoms with Crippen molar-refractivity contribution in [2.75, 3.05) is 13.6 Å². The summed E-state index contributed by atoms with van der Waals surface area (Å²) in [6.07, 6.45) is 4.86. The molecule has 0 saturated heterocycles. The highest BCUT2D eigenvalue weighted by Gasteiger charge is 2.07. The molecule has 0 aliphatic rings. The first-order valence-corrected chi connectivity index (χ1v) is 7.01. The van der Waals surface area contributed by atoms with Crippen LogP contribution in [0.25, 0.3) is 0 Å². The molecule has 0 spiro atoms. The molecule has 0 bridgehead atoms. The van der Waals surface area contributed by atoms with Gasteiger partial charge in [-0.05, 0) is 55.9 Å². The zero-order chi connectivity index (χ0) is 15.1. The van der Waals surface area contributed by atoms with Crippen molar-refractivity contribution in [3.05, 3.63) is 65.7 Å². The average molecular weight is 286 g/mol. The van der Waals surface area contributed by atoms with E-state index in [1.165, 1.54) is 24.3 Å². The van der Waals surface area contributed by atoms with Crippen LogP contribution in [0.3, 0.4) is 0 Å². The normalized spacial score (nSPS) is 10.8. The summed E-state index contributed by atoms with van der Waals surface area (Å²) in [5, 5.41) is 0. The van der Waals surface area contributed by atoms with Crippen LogP contribution in [0.1, 0.15) is 28.8 Å². The second-order valence-electron chi connectivity index (χ2n) is 5.13. The van der Waals surface area contributed by atoms with Gasteiger partial charge in [-0.3, -0.25) is 9.78 Å². The van der Waals surface area contributed by atoms with Crippen LogP contribution in [0.5, 0.6) is 0 Å². The Morgan fingerprint density at radius 2 is 2.00 bits per heavy atom. The van der Waals surface area contributed by atoms with E-state index in [4.69, 9.17) is 0 Å². The molecule has 0 saturated carbocycles. The minimum Gasteiger partial charge on any atom is -0.302 e. The summed E-state index contributed by atoms with van der Waals surface area (Å²) in [5.41, 5.74) is 1.73. The van der Waals surface area contributed by atoms with Crippen molar-refractivity contribution in [2.24, 2.45) is 0 Å². The van der Waals surface area contributed by atoms with Crippen LogP contribution in [-0.2, 0) is 6.54 Å². The standard InChI is InChI=1S/C17H19FN2O/c1-20(13-14-4-2-10-19-12-14)11-3-5-17(21)15-6-8-16(18)9-7-15/h2,4,6-10,12H,3,5,11,13H2,1H3. The second kappa shape index (κ2) is 7.64. The largest absolute Gasteiger partial charge is 0.302 e. The summed E-state index contributed by atoms with van der Waals surface area (Å²) in [4.78, 5) is 18.2. The number of aromatic nitrogens is 1. The molecule has 21 heavy (non-hydrogen) atoms. The lowest BCUT2D eigenvalue weighted by Gasteiger charge is -2.16. The molecule has 0 aliphatic heterocycles. The van der Waals surface area contributed by atoms with Crippen molar-refractivity contribution in [1.82, 2.24) is 9.88 Å². The Balaban J connectivity index is 1.73. The minimum atomic E-state index is -0.317. The zero-order valence-corrected chi connectivity index (χ0v) is 12.1. The van der Waals surface area contributed by atoms with Gasteiger partial charge in [-0.15, -0.1) is 0 Å². The second-order valence-corrected chi connectivity index (χ2v) is 5.13. The highest BCUT2D eigenvalue weighted by molar-refractivity contribution is 5.95. The van der Waals surface area contributed by atoms with Gasteiger partial charge in [0.05, 0.1) is 0 Å². The van der Waals surface area contributed by atoms with Crippen molar-refractivity contribution in [1.29, 1.82) is 0 Å². The number of ketones is 1. The van der Waals surface area contributed by atoms with Gasteiger partial charge in [0.1, 0.15) is 5.82 Å². The lowest BCUT2D eigenvalue weighted by molar-refractivity contribution is 0.0976. The van der Waals surface area contributed by atoms with Crippen molar-refractivity contribution < 1.29 is 9.18 Å². The van der Waals surface area contributed by atoms with E-state index >= 15 is 0 Å². The third kappa shape index (κ3) is 5.08. The van der Waals surface area contributed by atoms with Gasteiger partial charge in [0.25, 0.3) is 0 Å². The van der Waals surface area contributed by atoms with E-state index in [9.17, 15) is 9.18 Å². The van der Waals surface area contributed by atoms with Crippen molar-refractivity contribution in [3.8, 4) is 0 Å². The smallest absolute Gasteiger partial charge is 0.162 e. The van der Waals surface area contributed by atoms with E-state index in [1.54, 1.807) is 6.20 Å². The van der Waals surface area contributed by atoms with E-state index in [0.717, 1.165) is 25.1 Å². The average Bonchev–Trinajstić information content (AvgIpc) is 2.49. The first-order valence-electron chi connectivity index (χ1n) is 7.01. The lowest BCUT2D eigenvalue weighted by Crippen LogP contribution is -2.19. The van der Waals surface area contributed by atoms with Crippen LogP contribution >= 0.6 is 0 Å². The third-order valence-electron chi connectivity index (χ3n) is 3.29. The molecule has 0 N–H and O–H groups in total. The number of carbonyl (C=O) groups is 1. The molecule has 0 unspecified atom stereocenters. The highest BCUT2D eigenvalue weighted by atomic mass is 19.1. The van der Waals surface area contributed by atoms with Gasteiger partial charge in [0, 0.05) is 30.9 Å². The van der Waals surface area contributed by atoms with E-state index in [2.05, 4.69) is 9.88 Å². The van der Waals surface area contributed by atoms with E-state index in [1.807, 2.05) is 25.4 Å². The van der Waals surface area contributed by atoms with Crippen molar-refractivity contribution in [3.63, 3.8) is 0 Å². The Kier molecular flexibility index (Phi) is 5.58. The zero-order valence-electron chi connectivity index (χ0n) is 12.1. The number of carbonyl (C=O) groups excluding carboxylic acids is 1. The molecular formula is C17H19FN2O. The third-order valence-corrected chi connectivity index (χ3v) is 3.29. The van der Waals surface area contributed by atoms with Gasteiger partial charge in [0.2, 0.25) is 0 Å². The van der Waals surface area contributed by atoms with Gasteiger partial charge >= 0.3 is 0 Å². The summed E-state index contributed by atoms with van der Waals surface area (Å²) in [6.45, 7) is 1.65. The number of hydrogen-bond donors (Lipinski definition) is 0. The van der Waals surface area contributed by atoms with Crippen molar-refractivity contribution in [2.45, 2.75) is 19.4 Å². The molecule has 2 aromatic rings. The molecular weight excluding hydrogens is 267 g/mol. The summed E-state index contributed by atoms with van der Waals surface area (Å²) in [6, 6.07) is 9.67. The Morgan fingerprint density at radius 3 is 2.67 bits per heavy atom. The fourth-order valence-corrected chi connectivity index (χ4v) is 2.17. The number of halogens is 1. The van der Waals surface area contributed by atoms with Gasteiger partial charge in [-0.25, -0.2) is 4.39 Å². The van der Waals surface area contributed by atoms with Crippen LogP contribution < -0.4 is 0 Å². The highest BCUT2D eigenvalue weighted by Crippen LogP contribution is 2.08. The van der Waals surface area contributed by atoms with Crippen molar-refractivity contribution >= 4 is 5.78 Å². The maximum atomic E-state index is 12.8. The predicted molar refractivity (Wildman–Crippen MR) is 80.5 cm³/mol. The number of rotatable bonds is 7. The summed E-state index contributed by atoms with van der Waals surface area (Å²) >= 11 is 0. The van der Waals surface area contributed by atoms with Crippen LogP contribution in [0.15, 0.2) is 48.8 Å². The Hall–Kier alpha value is -2.07. The maximum Gasteiger partial charge on any atom is 0.162 e. The summed E-state index contributed by atoms with van der Waals surface area (Å²) < 4.78 is 12.8. The molecule has 4 heteroatoms. The number of Topliss-reactive ketones (excluding diaryl/α,β-unsaturated/α-hetero) is 1. The fourth-order valence-electron chi connectivity index (χ4n) is 2.17. The Bertz CT molecular complexity index is 569. The molecule has 1 aromatic heterocycles. The van der Waals surface area contributed by atoms with Gasteiger partial charge in [-0.1, -0.05) is 6.07 Å². The van der Waals surface area contributed by atoms with Crippen LogP contribution in [0.2, 0.25) is 0 Å². The SMILES string of the molecule is CN(CCCC(=O)c1ccc(F)cc1)Cc1cccnc1. The number of hydrogen-bond acceptors (Lipinski definition) is 3. The molecule has 0 fully saturated rings. The molecule has 3 nitrogen and oxygen atoms in total. The lowest BCUT2D eigenvalue weighted by atomic mass is 10.1. The summed E-state index contributed by atoms with van der Waals surface area (Å²) in [5.74, 6) is -0.257. The Morgan fingerprint density at radius 1 is 1.24 bits per heavy atom. The molecule has 1 heterocycles. The molecule has 0 radical (unpaired) electrons. The Labute approximate surface area is 124 Å². The summed E-state index contributed by atoms with van der Waals surface area (Å²) in [7, 11) is 2.02. The van der Waals surface area contributed by atoms with Gasteiger partial charge < -0.3 is 4.90 Å². The molecule has 1 aromatic carbocycles. The number of nitrogens with zero attached hydrogens (tertiary/aromatic N) is 2. The van der Waals surface area contributed by atoms with E-state index < -0.39 is 0 Å². The topological polar surface area (TPSA) is 33.2 Å². The maximum absolute atomic E-state index is 12.8. The first-order chi connectivity index (χ1) is 10.1. The van der Waals surface area contributed by atoms with Crippen LogP contribution in [-0.4, -0.2) is 29.3 Å². The quantitative estimate of drug-likeness (QED) is 0.732. The molecule has 2 rings (SSSR count). The minimum absolute atomic E-state index is 0.0600. The fraction of sp³-hybridized carbons (Fsp3) is 0.294. The van der Waals surface area contributed by atoms with Crippen LogP contribution in [0, 0.1) is 5.82 Å². The monoisotopic (exact) mass is 286 g/mol. The molecule has 0 atom stereocenters. The van der Waals surface area contributed by atoms with E-state index in [0.29, 0.717) is 12.0 Å². The number of pyridine rings is 1. The van der Waals surface area contributed by atoms with Gasteiger partial charge in [-0.2, -0.15) is 0 Å². The molecule has 0 amide bonds. The first kappa shape index (κ1) is 15.3. The molecule has 110 valence electrons. The van der Waals surface area contributed by atoms with Gasteiger partial charge in [0.15, 0.2) is 5.78 Å². The predicted octanol–water partition coefficient (Wildman–Crippen LogP) is 3.32. The molecule has 0 aliphatic carbocycles. The van der Waals surface area contributed by atoms with E-state index in [-0.39, 0.29) is 11.6 Å². The number of benzene rings is 1.